The average molecular weight is 263 g/mol. The molecule has 1 aromatic carbocycles. The Morgan fingerprint density at radius 3 is 2.74 bits per heavy atom. The highest BCUT2D eigenvalue weighted by atomic mass is 19.1. The van der Waals surface area contributed by atoms with Crippen LogP contribution in [-0.2, 0) is 0 Å². The van der Waals surface area contributed by atoms with Crippen LogP contribution in [0.15, 0.2) is 24.3 Å². The zero-order valence-corrected chi connectivity index (χ0v) is 11.6. The first-order valence-corrected chi connectivity index (χ1v) is 7.20. The molecule has 0 amide bonds. The van der Waals surface area contributed by atoms with E-state index in [9.17, 15) is 9.18 Å². The number of nitrogens with zero attached hydrogens (tertiary/aromatic N) is 1. The van der Waals surface area contributed by atoms with Crippen molar-refractivity contribution in [3.8, 4) is 0 Å². The molecule has 1 aliphatic rings. The summed E-state index contributed by atoms with van der Waals surface area (Å²) < 4.78 is 12.8. The van der Waals surface area contributed by atoms with Gasteiger partial charge in [0.15, 0.2) is 5.78 Å². The minimum atomic E-state index is -0.292. The smallest absolute Gasteiger partial charge is 0.162 e. The monoisotopic (exact) mass is 263 g/mol. The molecule has 0 radical (unpaired) electrons. The van der Waals surface area contributed by atoms with Gasteiger partial charge in [-0.3, -0.25) is 4.79 Å². The molecular weight excluding hydrogens is 241 g/mol. The van der Waals surface area contributed by atoms with E-state index < -0.39 is 0 Å². The molecule has 3 heteroatoms. The number of ketones is 1. The lowest BCUT2D eigenvalue weighted by molar-refractivity contribution is 0.0976. The SMILES string of the molecule is CCC1CCN(CCCC(=O)c2ccc(F)cc2)C1. The van der Waals surface area contributed by atoms with Gasteiger partial charge < -0.3 is 4.90 Å². The molecule has 0 N–H and O–H groups in total. The molecule has 0 spiro atoms. The molecule has 1 fully saturated rings. The summed E-state index contributed by atoms with van der Waals surface area (Å²) in [6.45, 7) is 5.60. The second-order valence-electron chi connectivity index (χ2n) is 5.40. The fourth-order valence-electron chi connectivity index (χ4n) is 2.69. The summed E-state index contributed by atoms with van der Waals surface area (Å²) in [5.74, 6) is 0.665. The number of hydrogen-bond acceptors (Lipinski definition) is 2. The molecule has 1 aromatic rings. The van der Waals surface area contributed by atoms with E-state index >= 15 is 0 Å². The molecule has 2 rings (SSSR count). The van der Waals surface area contributed by atoms with Gasteiger partial charge in [0, 0.05) is 18.5 Å². The molecule has 1 unspecified atom stereocenters. The number of hydrogen-bond donors (Lipinski definition) is 0. The largest absolute Gasteiger partial charge is 0.303 e. The number of rotatable bonds is 6. The van der Waals surface area contributed by atoms with Gasteiger partial charge in [-0.2, -0.15) is 0 Å². The fourth-order valence-corrected chi connectivity index (χ4v) is 2.69. The molecule has 2 nitrogen and oxygen atoms in total. The quantitative estimate of drug-likeness (QED) is 0.732. The molecular formula is C16H22FNO. The highest BCUT2D eigenvalue weighted by Crippen LogP contribution is 2.19. The van der Waals surface area contributed by atoms with Crippen molar-refractivity contribution >= 4 is 5.78 Å². The summed E-state index contributed by atoms with van der Waals surface area (Å²) >= 11 is 0. The number of carbonyl (C=O) groups is 1. The Balaban J connectivity index is 1.71. The molecule has 0 saturated carbocycles. The number of carbonyl (C=O) groups excluding carboxylic acids is 1. The Morgan fingerprint density at radius 1 is 1.37 bits per heavy atom. The number of halogens is 1. The summed E-state index contributed by atoms with van der Waals surface area (Å²) in [6, 6.07) is 5.83. The Labute approximate surface area is 114 Å². The molecule has 1 saturated heterocycles. The van der Waals surface area contributed by atoms with Crippen LogP contribution in [0.3, 0.4) is 0 Å². The van der Waals surface area contributed by atoms with E-state index in [2.05, 4.69) is 11.8 Å². The fraction of sp³-hybridized carbons (Fsp3) is 0.562. The van der Waals surface area contributed by atoms with Crippen LogP contribution in [0.2, 0.25) is 0 Å². The van der Waals surface area contributed by atoms with Crippen LogP contribution in [-0.4, -0.2) is 30.3 Å². The summed E-state index contributed by atoms with van der Waals surface area (Å²) in [5.41, 5.74) is 0.620. The number of Topliss-reactive ketones (excluding diaryl/α,β-unsaturated/α-hetero) is 1. The lowest BCUT2D eigenvalue weighted by Crippen LogP contribution is -2.22. The zero-order valence-electron chi connectivity index (χ0n) is 11.6. The van der Waals surface area contributed by atoms with Crippen molar-refractivity contribution < 1.29 is 9.18 Å². The third kappa shape index (κ3) is 4.13. The molecule has 0 aromatic heterocycles. The molecule has 0 aliphatic carbocycles. The molecule has 1 heterocycles. The van der Waals surface area contributed by atoms with E-state index in [-0.39, 0.29) is 11.6 Å². The topological polar surface area (TPSA) is 20.3 Å². The summed E-state index contributed by atoms with van der Waals surface area (Å²) in [4.78, 5) is 14.4. The molecule has 1 atom stereocenters. The van der Waals surface area contributed by atoms with Crippen molar-refractivity contribution in [2.24, 2.45) is 5.92 Å². The summed E-state index contributed by atoms with van der Waals surface area (Å²) in [6.07, 6.45) is 4.00. The minimum absolute atomic E-state index is 0.117. The van der Waals surface area contributed by atoms with Crippen LogP contribution in [0, 0.1) is 11.7 Å². The number of likely N-dealkylation sites (tertiary alicyclic amines) is 1. The Bertz CT molecular complexity index is 415. The van der Waals surface area contributed by atoms with Crippen molar-refractivity contribution in [2.45, 2.75) is 32.6 Å². The maximum atomic E-state index is 12.8. The normalized spacial score (nSPS) is 19.8. The maximum absolute atomic E-state index is 12.8. The summed E-state index contributed by atoms with van der Waals surface area (Å²) in [5, 5.41) is 0. The van der Waals surface area contributed by atoms with E-state index in [1.807, 2.05) is 0 Å². The van der Waals surface area contributed by atoms with E-state index in [1.54, 1.807) is 12.1 Å². The Hall–Kier alpha value is -1.22. The lowest BCUT2D eigenvalue weighted by atomic mass is 10.1. The van der Waals surface area contributed by atoms with E-state index in [1.165, 1.54) is 38.1 Å². The number of benzene rings is 1. The van der Waals surface area contributed by atoms with Crippen LogP contribution in [0.1, 0.15) is 43.0 Å². The highest BCUT2D eigenvalue weighted by Gasteiger charge is 2.20. The van der Waals surface area contributed by atoms with Crippen LogP contribution < -0.4 is 0 Å². The van der Waals surface area contributed by atoms with Crippen molar-refractivity contribution in [3.05, 3.63) is 35.6 Å². The van der Waals surface area contributed by atoms with Crippen LogP contribution >= 0.6 is 0 Å². The molecule has 1 aliphatic heterocycles. The molecule has 104 valence electrons. The van der Waals surface area contributed by atoms with Gasteiger partial charge >= 0.3 is 0 Å². The standard InChI is InChI=1S/C16H22FNO/c1-2-13-9-11-18(12-13)10-3-4-16(19)14-5-7-15(17)8-6-14/h5-8,13H,2-4,9-12H2,1H3. The maximum Gasteiger partial charge on any atom is 0.162 e. The third-order valence-electron chi connectivity index (χ3n) is 3.99. The van der Waals surface area contributed by atoms with Crippen molar-refractivity contribution in [1.82, 2.24) is 4.90 Å². The Kier molecular flexibility index (Phi) is 5.08. The van der Waals surface area contributed by atoms with Gasteiger partial charge in [-0.1, -0.05) is 13.3 Å². The predicted octanol–water partition coefficient (Wildman–Crippen LogP) is 3.52. The third-order valence-corrected chi connectivity index (χ3v) is 3.99. The predicted molar refractivity (Wildman–Crippen MR) is 74.8 cm³/mol. The second-order valence-corrected chi connectivity index (χ2v) is 5.40. The van der Waals surface area contributed by atoms with E-state index in [0.29, 0.717) is 12.0 Å². The van der Waals surface area contributed by atoms with Gasteiger partial charge in [-0.25, -0.2) is 4.39 Å². The van der Waals surface area contributed by atoms with Gasteiger partial charge in [0.1, 0.15) is 5.82 Å². The van der Waals surface area contributed by atoms with Crippen LogP contribution in [0.4, 0.5) is 4.39 Å². The molecule has 19 heavy (non-hydrogen) atoms. The van der Waals surface area contributed by atoms with Crippen LogP contribution in [0.5, 0.6) is 0 Å². The summed E-state index contributed by atoms with van der Waals surface area (Å²) in [7, 11) is 0. The van der Waals surface area contributed by atoms with Crippen molar-refractivity contribution in [1.29, 1.82) is 0 Å². The highest BCUT2D eigenvalue weighted by molar-refractivity contribution is 5.95. The van der Waals surface area contributed by atoms with E-state index in [4.69, 9.17) is 0 Å². The second kappa shape index (κ2) is 6.80. The van der Waals surface area contributed by atoms with Crippen molar-refractivity contribution in [3.63, 3.8) is 0 Å². The van der Waals surface area contributed by atoms with Gasteiger partial charge in [-0.15, -0.1) is 0 Å². The van der Waals surface area contributed by atoms with Gasteiger partial charge in [0.2, 0.25) is 0 Å². The van der Waals surface area contributed by atoms with Crippen LogP contribution in [0.25, 0.3) is 0 Å². The van der Waals surface area contributed by atoms with E-state index in [0.717, 1.165) is 18.9 Å². The first-order valence-electron chi connectivity index (χ1n) is 7.20. The van der Waals surface area contributed by atoms with Gasteiger partial charge in [0.25, 0.3) is 0 Å². The zero-order chi connectivity index (χ0) is 13.7. The Morgan fingerprint density at radius 2 is 2.11 bits per heavy atom. The first-order chi connectivity index (χ1) is 9.19. The molecule has 0 bridgehead atoms. The van der Waals surface area contributed by atoms with Gasteiger partial charge in [-0.05, 0) is 56.1 Å². The minimum Gasteiger partial charge on any atom is -0.303 e. The lowest BCUT2D eigenvalue weighted by Gasteiger charge is -2.15. The van der Waals surface area contributed by atoms with Gasteiger partial charge in [0.05, 0.1) is 0 Å². The average Bonchev–Trinajstić information content (AvgIpc) is 2.87. The first kappa shape index (κ1) is 14.2. The van der Waals surface area contributed by atoms with Crippen molar-refractivity contribution in [2.75, 3.05) is 19.6 Å².